The summed E-state index contributed by atoms with van der Waals surface area (Å²) in [6.45, 7) is 2.71. The fourth-order valence-corrected chi connectivity index (χ4v) is 1.92. The quantitative estimate of drug-likeness (QED) is 0.865. The highest BCUT2D eigenvalue weighted by Gasteiger charge is 2.08. The van der Waals surface area contributed by atoms with Crippen molar-refractivity contribution in [2.75, 3.05) is 7.11 Å². The maximum atomic E-state index is 9.47. The van der Waals surface area contributed by atoms with Gasteiger partial charge in [-0.3, -0.25) is 0 Å². The van der Waals surface area contributed by atoms with E-state index >= 15 is 0 Å². The Morgan fingerprint density at radius 1 is 1.32 bits per heavy atom. The van der Waals surface area contributed by atoms with Gasteiger partial charge in [0.15, 0.2) is 0 Å². The van der Waals surface area contributed by atoms with Gasteiger partial charge in [0.1, 0.15) is 5.75 Å². The van der Waals surface area contributed by atoms with Crippen molar-refractivity contribution < 1.29 is 9.84 Å². The highest BCUT2D eigenvalue weighted by molar-refractivity contribution is 5.30. The number of aromatic nitrogens is 1. The molecule has 1 unspecified atom stereocenters. The molecule has 0 spiro atoms. The molecule has 2 N–H and O–H groups in total. The van der Waals surface area contributed by atoms with Gasteiger partial charge in [-0.2, -0.15) is 0 Å². The molecular weight excluding hydrogens is 240 g/mol. The molecule has 2 aromatic rings. The number of rotatable bonds is 5. The standard InChI is InChI=1S/C15H18N2O2/c1-11(12-5-3-7-14(18)9-12)17-10-13-6-4-8-16-15(13)19-2/h3-9,11,17-18H,10H2,1-2H3. The van der Waals surface area contributed by atoms with Gasteiger partial charge >= 0.3 is 0 Å². The van der Waals surface area contributed by atoms with Crippen LogP contribution in [0.3, 0.4) is 0 Å². The number of benzene rings is 1. The monoisotopic (exact) mass is 258 g/mol. The average molecular weight is 258 g/mol. The van der Waals surface area contributed by atoms with Gasteiger partial charge in [0.25, 0.3) is 0 Å². The van der Waals surface area contributed by atoms with Gasteiger partial charge in [-0.1, -0.05) is 18.2 Å². The molecule has 0 saturated carbocycles. The maximum absolute atomic E-state index is 9.47. The molecule has 0 amide bonds. The zero-order valence-corrected chi connectivity index (χ0v) is 11.1. The number of nitrogens with zero attached hydrogens (tertiary/aromatic N) is 1. The number of pyridine rings is 1. The van der Waals surface area contributed by atoms with Gasteiger partial charge in [-0.15, -0.1) is 0 Å². The third kappa shape index (κ3) is 3.45. The molecule has 4 nitrogen and oxygen atoms in total. The number of hydrogen-bond acceptors (Lipinski definition) is 4. The molecule has 0 radical (unpaired) electrons. The smallest absolute Gasteiger partial charge is 0.217 e. The molecule has 0 aliphatic heterocycles. The van der Waals surface area contributed by atoms with E-state index in [1.165, 1.54) is 0 Å². The van der Waals surface area contributed by atoms with E-state index in [0.29, 0.717) is 12.4 Å². The van der Waals surface area contributed by atoms with E-state index in [4.69, 9.17) is 4.74 Å². The van der Waals surface area contributed by atoms with Crippen LogP contribution in [0.25, 0.3) is 0 Å². The Balaban J connectivity index is 2.02. The fourth-order valence-electron chi connectivity index (χ4n) is 1.92. The lowest BCUT2D eigenvalue weighted by Gasteiger charge is -2.15. The van der Waals surface area contributed by atoms with Crippen molar-refractivity contribution in [2.45, 2.75) is 19.5 Å². The molecule has 0 saturated heterocycles. The molecule has 0 fully saturated rings. The predicted molar refractivity (Wildman–Crippen MR) is 74.2 cm³/mol. The number of aromatic hydroxyl groups is 1. The molecule has 1 atom stereocenters. The van der Waals surface area contributed by atoms with Crippen LogP contribution in [0.5, 0.6) is 11.6 Å². The molecule has 19 heavy (non-hydrogen) atoms. The third-order valence-corrected chi connectivity index (χ3v) is 3.01. The largest absolute Gasteiger partial charge is 0.508 e. The van der Waals surface area contributed by atoms with E-state index in [2.05, 4.69) is 17.2 Å². The maximum Gasteiger partial charge on any atom is 0.217 e. The SMILES string of the molecule is COc1ncccc1CNC(C)c1cccc(O)c1. The number of hydrogen-bond donors (Lipinski definition) is 2. The van der Waals surface area contributed by atoms with Crippen LogP contribution in [0.15, 0.2) is 42.6 Å². The Morgan fingerprint density at radius 3 is 2.89 bits per heavy atom. The topological polar surface area (TPSA) is 54.4 Å². The summed E-state index contributed by atoms with van der Waals surface area (Å²) in [5.41, 5.74) is 2.06. The van der Waals surface area contributed by atoms with E-state index in [-0.39, 0.29) is 11.8 Å². The van der Waals surface area contributed by atoms with Crippen LogP contribution in [-0.2, 0) is 6.54 Å². The number of phenols is 1. The molecular formula is C15H18N2O2. The summed E-state index contributed by atoms with van der Waals surface area (Å²) in [4.78, 5) is 4.16. The fraction of sp³-hybridized carbons (Fsp3) is 0.267. The van der Waals surface area contributed by atoms with Crippen LogP contribution in [0.1, 0.15) is 24.1 Å². The second-order valence-corrected chi connectivity index (χ2v) is 4.37. The van der Waals surface area contributed by atoms with Crippen molar-refractivity contribution in [3.8, 4) is 11.6 Å². The summed E-state index contributed by atoms with van der Waals surface area (Å²) in [6, 6.07) is 11.3. The molecule has 0 bridgehead atoms. The van der Waals surface area contributed by atoms with Crippen molar-refractivity contribution in [1.29, 1.82) is 0 Å². The zero-order chi connectivity index (χ0) is 13.7. The van der Waals surface area contributed by atoms with E-state index in [1.807, 2.05) is 24.3 Å². The van der Waals surface area contributed by atoms with Gasteiger partial charge in [0.05, 0.1) is 7.11 Å². The average Bonchev–Trinajstić information content (AvgIpc) is 2.45. The van der Waals surface area contributed by atoms with Crippen molar-refractivity contribution in [2.24, 2.45) is 0 Å². The first-order valence-electron chi connectivity index (χ1n) is 6.21. The Kier molecular flexibility index (Phi) is 4.36. The highest BCUT2D eigenvalue weighted by atomic mass is 16.5. The Hall–Kier alpha value is -2.07. The molecule has 1 aromatic carbocycles. The predicted octanol–water partition coefficient (Wildman–Crippen LogP) is 2.65. The minimum absolute atomic E-state index is 0.136. The van der Waals surface area contributed by atoms with Gasteiger partial charge in [0.2, 0.25) is 5.88 Å². The summed E-state index contributed by atoms with van der Waals surface area (Å²) in [5, 5.41) is 12.9. The lowest BCUT2D eigenvalue weighted by molar-refractivity contribution is 0.389. The number of nitrogens with one attached hydrogen (secondary N) is 1. The molecule has 4 heteroatoms. The molecule has 0 aliphatic carbocycles. The summed E-state index contributed by atoms with van der Waals surface area (Å²) in [5.74, 6) is 0.920. The summed E-state index contributed by atoms with van der Waals surface area (Å²) in [7, 11) is 1.62. The Bertz CT molecular complexity index is 543. The lowest BCUT2D eigenvalue weighted by Crippen LogP contribution is -2.18. The van der Waals surface area contributed by atoms with Gasteiger partial charge in [-0.25, -0.2) is 4.98 Å². The molecule has 0 aliphatic rings. The van der Waals surface area contributed by atoms with Crippen molar-refractivity contribution >= 4 is 0 Å². The van der Waals surface area contributed by atoms with E-state index in [1.54, 1.807) is 25.4 Å². The van der Waals surface area contributed by atoms with Crippen LogP contribution in [0.2, 0.25) is 0 Å². The molecule has 2 rings (SSSR count). The van der Waals surface area contributed by atoms with E-state index in [9.17, 15) is 5.11 Å². The number of ether oxygens (including phenoxy) is 1. The minimum atomic E-state index is 0.136. The first-order chi connectivity index (χ1) is 9.20. The highest BCUT2D eigenvalue weighted by Crippen LogP contribution is 2.19. The van der Waals surface area contributed by atoms with Crippen molar-refractivity contribution in [1.82, 2.24) is 10.3 Å². The van der Waals surface area contributed by atoms with Crippen molar-refractivity contribution in [3.05, 3.63) is 53.7 Å². The Labute approximate surface area is 113 Å². The van der Waals surface area contributed by atoms with Gasteiger partial charge in [0, 0.05) is 24.3 Å². The molecule has 1 heterocycles. The summed E-state index contributed by atoms with van der Waals surface area (Å²) < 4.78 is 5.21. The molecule has 1 aromatic heterocycles. The van der Waals surface area contributed by atoms with Crippen LogP contribution >= 0.6 is 0 Å². The lowest BCUT2D eigenvalue weighted by atomic mass is 10.1. The van der Waals surface area contributed by atoms with Gasteiger partial charge < -0.3 is 15.2 Å². The minimum Gasteiger partial charge on any atom is -0.508 e. The van der Waals surface area contributed by atoms with Crippen molar-refractivity contribution in [3.63, 3.8) is 0 Å². The summed E-state index contributed by atoms with van der Waals surface area (Å²) >= 11 is 0. The molecule has 100 valence electrons. The van der Waals surface area contributed by atoms with Crippen LogP contribution in [0.4, 0.5) is 0 Å². The number of phenolic OH excluding ortho intramolecular Hbond substituents is 1. The van der Waals surface area contributed by atoms with Gasteiger partial charge in [-0.05, 0) is 30.7 Å². The third-order valence-electron chi connectivity index (χ3n) is 3.01. The first-order valence-corrected chi connectivity index (χ1v) is 6.21. The van der Waals surface area contributed by atoms with E-state index in [0.717, 1.165) is 11.1 Å². The van der Waals surface area contributed by atoms with Crippen LogP contribution in [0, 0.1) is 0 Å². The second-order valence-electron chi connectivity index (χ2n) is 4.37. The zero-order valence-electron chi connectivity index (χ0n) is 11.1. The Morgan fingerprint density at radius 2 is 2.16 bits per heavy atom. The number of methoxy groups -OCH3 is 1. The van der Waals surface area contributed by atoms with Crippen LogP contribution in [-0.4, -0.2) is 17.2 Å². The second kappa shape index (κ2) is 6.20. The normalized spacial score (nSPS) is 12.1. The summed E-state index contributed by atoms with van der Waals surface area (Å²) in [6.07, 6.45) is 1.71. The van der Waals surface area contributed by atoms with Crippen LogP contribution < -0.4 is 10.1 Å². The van der Waals surface area contributed by atoms with E-state index < -0.39 is 0 Å². The first kappa shape index (κ1) is 13.4.